The first kappa shape index (κ1) is 18.6. The Morgan fingerprint density at radius 1 is 1.33 bits per heavy atom. The van der Waals surface area contributed by atoms with Gasteiger partial charge in [-0.15, -0.1) is 0 Å². The van der Waals surface area contributed by atoms with Crippen molar-refractivity contribution in [3.8, 4) is 6.07 Å². The van der Waals surface area contributed by atoms with Crippen molar-refractivity contribution in [1.82, 2.24) is 19.7 Å². The van der Waals surface area contributed by atoms with Crippen LogP contribution in [0.2, 0.25) is 25.7 Å². The molecule has 128 valence electrons. The first-order valence-corrected chi connectivity index (χ1v) is 12.1. The predicted molar refractivity (Wildman–Crippen MR) is 98.8 cm³/mol. The highest BCUT2D eigenvalue weighted by Crippen LogP contribution is 2.26. The van der Waals surface area contributed by atoms with Gasteiger partial charge in [-0.05, 0) is 28.9 Å². The van der Waals surface area contributed by atoms with E-state index in [0.29, 0.717) is 28.4 Å². The summed E-state index contributed by atoms with van der Waals surface area (Å²) in [5.41, 5.74) is 1.23. The number of ether oxygens (including phenoxy) is 1. The lowest BCUT2D eigenvalue weighted by molar-refractivity contribution is 0.0799. The van der Waals surface area contributed by atoms with E-state index in [1.54, 1.807) is 17.1 Å². The Hall–Kier alpha value is -1.76. The standard InChI is InChI=1S/C15H21BrN6OSi/c1-11-8-19-13(9-18-11)20-15-12(7-17)14(16)21-22(15)10-23-5-6-24(2,3)4/h8-9H,5-6,10H2,1-4H3,(H,19,20). The summed E-state index contributed by atoms with van der Waals surface area (Å²) < 4.78 is 7.83. The lowest BCUT2D eigenvalue weighted by atomic mass is 10.3. The number of hydrogen-bond acceptors (Lipinski definition) is 6. The Morgan fingerprint density at radius 3 is 2.67 bits per heavy atom. The van der Waals surface area contributed by atoms with Gasteiger partial charge >= 0.3 is 0 Å². The third-order valence-electron chi connectivity index (χ3n) is 3.26. The number of nitrogens with one attached hydrogen (secondary N) is 1. The van der Waals surface area contributed by atoms with Gasteiger partial charge in [0.25, 0.3) is 0 Å². The fourth-order valence-corrected chi connectivity index (χ4v) is 3.08. The molecule has 0 atom stereocenters. The zero-order chi connectivity index (χ0) is 17.7. The molecule has 1 N–H and O–H groups in total. The van der Waals surface area contributed by atoms with Gasteiger partial charge in [-0.3, -0.25) is 4.98 Å². The minimum absolute atomic E-state index is 0.270. The topological polar surface area (TPSA) is 88.7 Å². The van der Waals surface area contributed by atoms with E-state index >= 15 is 0 Å². The van der Waals surface area contributed by atoms with E-state index in [-0.39, 0.29) is 6.73 Å². The summed E-state index contributed by atoms with van der Waals surface area (Å²) in [7, 11) is -1.14. The molecule has 0 aliphatic carbocycles. The van der Waals surface area contributed by atoms with Crippen LogP contribution in [0, 0.1) is 18.3 Å². The Balaban J connectivity index is 2.13. The summed E-state index contributed by atoms with van der Waals surface area (Å²) in [6.45, 7) is 9.73. The highest BCUT2D eigenvalue weighted by atomic mass is 79.9. The van der Waals surface area contributed by atoms with Crippen LogP contribution in [-0.2, 0) is 11.5 Å². The molecule has 2 aromatic rings. The van der Waals surface area contributed by atoms with Gasteiger partial charge in [0.05, 0.1) is 18.1 Å². The van der Waals surface area contributed by atoms with Gasteiger partial charge in [0, 0.05) is 14.7 Å². The molecule has 7 nitrogen and oxygen atoms in total. The molecule has 2 aromatic heterocycles. The summed E-state index contributed by atoms with van der Waals surface area (Å²) in [4.78, 5) is 8.45. The lowest BCUT2D eigenvalue weighted by Gasteiger charge is -2.16. The van der Waals surface area contributed by atoms with Crippen molar-refractivity contribution in [2.24, 2.45) is 0 Å². The van der Waals surface area contributed by atoms with Crippen molar-refractivity contribution in [3.05, 3.63) is 28.3 Å². The molecule has 0 aliphatic heterocycles. The minimum Gasteiger partial charge on any atom is -0.359 e. The van der Waals surface area contributed by atoms with E-state index in [1.165, 1.54) is 0 Å². The first-order valence-electron chi connectivity index (χ1n) is 7.60. The van der Waals surface area contributed by atoms with Gasteiger partial charge in [-0.2, -0.15) is 10.4 Å². The van der Waals surface area contributed by atoms with Gasteiger partial charge in [0.2, 0.25) is 0 Å². The smallest absolute Gasteiger partial charge is 0.151 e. The first-order chi connectivity index (χ1) is 11.3. The molecule has 9 heteroatoms. The molecule has 0 amide bonds. The maximum atomic E-state index is 9.37. The number of anilines is 2. The van der Waals surface area contributed by atoms with E-state index in [4.69, 9.17) is 4.74 Å². The van der Waals surface area contributed by atoms with Crippen LogP contribution in [0.3, 0.4) is 0 Å². The Labute approximate surface area is 151 Å². The second-order valence-corrected chi connectivity index (χ2v) is 13.0. The van der Waals surface area contributed by atoms with Crippen molar-refractivity contribution in [2.75, 3.05) is 11.9 Å². The molecule has 0 unspecified atom stereocenters. The van der Waals surface area contributed by atoms with Crippen LogP contribution < -0.4 is 5.32 Å². The number of halogens is 1. The van der Waals surface area contributed by atoms with Gasteiger partial charge in [0.15, 0.2) is 5.82 Å². The fourth-order valence-electron chi connectivity index (χ4n) is 1.86. The van der Waals surface area contributed by atoms with Gasteiger partial charge < -0.3 is 10.1 Å². The van der Waals surface area contributed by atoms with E-state index < -0.39 is 8.07 Å². The molecule has 0 radical (unpaired) electrons. The van der Waals surface area contributed by atoms with Crippen LogP contribution in [0.4, 0.5) is 11.6 Å². The quantitative estimate of drug-likeness (QED) is 0.555. The SMILES string of the molecule is Cc1cnc(Nc2c(C#N)c(Br)nn2COCC[Si](C)(C)C)cn1. The molecule has 0 fully saturated rings. The maximum Gasteiger partial charge on any atom is 0.151 e. The Morgan fingerprint density at radius 2 is 2.08 bits per heavy atom. The van der Waals surface area contributed by atoms with E-state index in [2.05, 4.69) is 62.0 Å². The molecular weight excluding hydrogens is 388 g/mol. The molecule has 2 rings (SSSR count). The Kier molecular flexibility index (Phi) is 6.09. The minimum atomic E-state index is -1.14. The number of nitriles is 1. The zero-order valence-electron chi connectivity index (χ0n) is 14.3. The Bertz CT molecular complexity index is 732. The van der Waals surface area contributed by atoms with Crippen LogP contribution in [0.5, 0.6) is 0 Å². The third kappa shape index (κ3) is 5.12. The predicted octanol–water partition coefficient (Wildman–Crippen LogP) is 3.67. The number of nitrogens with zero attached hydrogens (tertiary/aromatic N) is 5. The second-order valence-electron chi connectivity index (χ2n) is 6.64. The molecule has 0 spiro atoms. The van der Waals surface area contributed by atoms with Crippen molar-refractivity contribution in [2.45, 2.75) is 39.3 Å². The number of aromatic nitrogens is 4. The number of rotatable bonds is 7. The molecule has 0 aliphatic rings. The summed E-state index contributed by atoms with van der Waals surface area (Å²) in [5.74, 6) is 1.09. The van der Waals surface area contributed by atoms with Crippen LogP contribution in [0.15, 0.2) is 17.0 Å². The average molecular weight is 409 g/mol. The summed E-state index contributed by atoms with van der Waals surface area (Å²) in [5, 5.41) is 16.8. The zero-order valence-corrected chi connectivity index (χ0v) is 16.9. The summed E-state index contributed by atoms with van der Waals surface area (Å²) >= 11 is 3.31. The van der Waals surface area contributed by atoms with Crippen LogP contribution in [-0.4, -0.2) is 34.4 Å². The molecular formula is C15H21BrN6OSi. The van der Waals surface area contributed by atoms with E-state index in [1.807, 2.05) is 6.92 Å². The summed E-state index contributed by atoms with van der Waals surface area (Å²) in [6, 6.07) is 3.22. The van der Waals surface area contributed by atoms with Gasteiger partial charge in [0.1, 0.15) is 28.8 Å². The van der Waals surface area contributed by atoms with Crippen LogP contribution in [0.25, 0.3) is 0 Å². The van der Waals surface area contributed by atoms with Crippen molar-refractivity contribution >= 4 is 35.6 Å². The molecule has 0 saturated carbocycles. The number of hydrogen-bond donors (Lipinski definition) is 1. The van der Waals surface area contributed by atoms with E-state index in [9.17, 15) is 5.26 Å². The van der Waals surface area contributed by atoms with Gasteiger partial charge in [-0.25, -0.2) is 9.67 Å². The monoisotopic (exact) mass is 408 g/mol. The average Bonchev–Trinajstić information content (AvgIpc) is 2.80. The number of aryl methyl sites for hydroxylation is 1. The molecule has 24 heavy (non-hydrogen) atoms. The highest BCUT2D eigenvalue weighted by Gasteiger charge is 2.18. The van der Waals surface area contributed by atoms with Gasteiger partial charge in [-0.1, -0.05) is 19.6 Å². The molecule has 0 aromatic carbocycles. The fraction of sp³-hybridized carbons (Fsp3) is 0.467. The lowest BCUT2D eigenvalue weighted by Crippen LogP contribution is -2.22. The molecule has 2 heterocycles. The molecule has 0 saturated heterocycles. The largest absolute Gasteiger partial charge is 0.359 e. The highest BCUT2D eigenvalue weighted by molar-refractivity contribution is 9.10. The van der Waals surface area contributed by atoms with Crippen LogP contribution in [0.1, 0.15) is 11.3 Å². The van der Waals surface area contributed by atoms with Crippen LogP contribution >= 0.6 is 15.9 Å². The molecule has 0 bridgehead atoms. The van der Waals surface area contributed by atoms with Crippen molar-refractivity contribution in [1.29, 1.82) is 5.26 Å². The van der Waals surface area contributed by atoms with Crippen molar-refractivity contribution < 1.29 is 4.74 Å². The normalized spacial score (nSPS) is 11.3. The second kappa shape index (κ2) is 7.87. The summed E-state index contributed by atoms with van der Waals surface area (Å²) in [6.07, 6.45) is 3.28. The maximum absolute atomic E-state index is 9.37. The van der Waals surface area contributed by atoms with Crippen molar-refractivity contribution in [3.63, 3.8) is 0 Å². The third-order valence-corrected chi connectivity index (χ3v) is 5.52. The van der Waals surface area contributed by atoms with E-state index in [0.717, 1.165) is 11.7 Å².